The number of carbonyl (C=O) groups is 2. The molecule has 0 saturated heterocycles. The van der Waals surface area contributed by atoms with Gasteiger partial charge >= 0.3 is 5.97 Å². The molecule has 0 radical (unpaired) electrons. The molecule has 0 heterocycles. The number of amides is 1. The van der Waals surface area contributed by atoms with Crippen molar-refractivity contribution >= 4 is 11.9 Å². The van der Waals surface area contributed by atoms with Crippen LogP contribution >= 0.6 is 0 Å². The molecule has 0 aliphatic heterocycles. The summed E-state index contributed by atoms with van der Waals surface area (Å²) in [6.07, 6.45) is 5.43. The number of hydrogen-bond acceptors (Lipinski definition) is 5. The lowest BCUT2D eigenvalue weighted by Gasteiger charge is -2.34. The molecule has 1 amide bonds. The van der Waals surface area contributed by atoms with E-state index in [1.807, 2.05) is 6.92 Å². The first kappa shape index (κ1) is 16.2. The SMILES string of the molecule is CCOC(=O)C(CCC(NC)C(N)=O)(NC1CC1)C1CC1. The molecule has 2 aliphatic carbocycles. The smallest absolute Gasteiger partial charge is 0.326 e. The minimum absolute atomic E-state index is 0.168. The fourth-order valence-corrected chi connectivity index (χ4v) is 2.95. The average Bonchev–Trinajstić information content (AvgIpc) is 3.30. The van der Waals surface area contributed by atoms with Gasteiger partial charge in [-0.1, -0.05) is 0 Å². The van der Waals surface area contributed by atoms with E-state index in [0.29, 0.717) is 31.4 Å². The summed E-state index contributed by atoms with van der Waals surface area (Å²) in [5.41, 5.74) is 4.74. The Morgan fingerprint density at radius 1 is 1.33 bits per heavy atom. The van der Waals surface area contributed by atoms with Crippen LogP contribution in [0.3, 0.4) is 0 Å². The third-order valence-corrected chi connectivity index (χ3v) is 4.47. The Hall–Kier alpha value is -1.14. The number of nitrogens with two attached hydrogens (primary N) is 1. The van der Waals surface area contributed by atoms with Gasteiger partial charge in [0.25, 0.3) is 0 Å². The van der Waals surface area contributed by atoms with Gasteiger partial charge in [-0.2, -0.15) is 0 Å². The van der Waals surface area contributed by atoms with Crippen molar-refractivity contribution in [3.05, 3.63) is 0 Å². The molecule has 0 aromatic rings. The average molecular weight is 297 g/mol. The Morgan fingerprint density at radius 3 is 2.43 bits per heavy atom. The molecule has 2 unspecified atom stereocenters. The van der Waals surface area contributed by atoms with Crippen LogP contribution in [-0.4, -0.2) is 43.2 Å². The van der Waals surface area contributed by atoms with Gasteiger partial charge in [-0.05, 0) is 58.4 Å². The Balaban J connectivity index is 2.09. The molecule has 120 valence electrons. The van der Waals surface area contributed by atoms with Crippen molar-refractivity contribution in [2.24, 2.45) is 11.7 Å². The Morgan fingerprint density at radius 2 is 2.00 bits per heavy atom. The van der Waals surface area contributed by atoms with E-state index in [9.17, 15) is 9.59 Å². The predicted octanol–water partition coefficient (Wildman–Crippen LogP) is 0.304. The first-order valence-electron chi connectivity index (χ1n) is 7.95. The van der Waals surface area contributed by atoms with Crippen LogP contribution < -0.4 is 16.4 Å². The van der Waals surface area contributed by atoms with Gasteiger partial charge in [0, 0.05) is 6.04 Å². The topological polar surface area (TPSA) is 93.4 Å². The Labute approximate surface area is 126 Å². The summed E-state index contributed by atoms with van der Waals surface area (Å²) >= 11 is 0. The number of esters is 1. The molecule has 2 atom stereocenters. The van der Waals surface area contributed by atoms with Crippen LogP contribution in [0.2, 0.25) is 0 Å². The van der Waals surface area contributed by atoms with E-state index in [2.05, 4.69) is 10.6 Å². The number of ether oxygens (including phenoxy) is 1. The van der Waals surface area contributed by atoms with E-state index in [1.165, 1.54) is 0 Å². The zero-order chi connectivity index (χ0) is 15.5. The summed E-state index contributed by atoms with van der Waals surface area (Å²) in [5, 5.41) is 6.43. The van der Waals surface area contributed by atoms with Gasteiger partial charge in [0.15, 0.2) is 0 Å². The molecule has 2 saturated carbocycles. The molecule has 2 fully saturated rings. The van der Waals surface area contributed by atoms with E-state index < -0.39 is 11.6 Å². The van der Waals surface area contributed by atoms with Gasteiger partial charge in [-0.15, -0.1) is 0 Å². The standard InChI is InChI=1S/C15H27N3O3/c1-3-21-14(20)15(10-4-5-10,18-11-6-7-11)9-8-12(17-2)13(16)19/h10-12,17-18H,3-9H2,1-2H3,(H2,16,19). The van der Waals surface area contributed by atoms with Crippen LogP contribution in [0.25, 0.3) is 0 Å². The van der Waals surface area contributed by atoms with Gasteiger partial charge in [0.2, 0.25) is 5.91 Å². The summed E-state index contributed by atoms with van der Waals surface area (Å²) < 4.78 is 5.33. The summed E-state index contributed by atoms with van der Waals surface area (Å²) in [6, 6.07) is 0.00942. The molecular weight excluding hydrogens is 270 g/mol. The second-order valence-electron chi connectivity index (χ2n) is 6.17. The largest absolute Gasteiger partial charge is 0.465 e. The fraction of sp³-hybridized carbons (Fsp3) is 0.867. The van der Waals surface area contributed by atoms with Crippen LogP contribution in [0.15, 0.2) is 0 Å². The Bertz CT molecular complexity index is 394. The summed E-state index contributed by atoms with van der Waals surface area (Å²) in [4.78, 5) is 23.9. The normalized spacial score (nSPS) is 22.4. The first-order chi connectivity index (χ1) is 10.0. The van der Waals surface area contributed by atoms with Crippen LogP contribution in [-0.2, 0) is 14.3 Å². The quantitative estimate of drug-likeness (QED) is 0.504. The summed E-state index contributed by atoms with van der Waals surface area (Å²) in [6.45, 7) is 2.21. The van der Waals surface area contributed by atoms with Crippen LogP contribution in [0.1, 0.15) is 45.4 Å². The molecule has 21 heavy (non-hydrogen) atoms. The zero-order valence-corrected chi connectivity index (χ0v) is 13.0. The number of rotatable bonds is 10. The number of primary amides is 1. The minimum Gasteiger partial charge on any atom is -0.465 e. The second-order valence-corrected chi connectivity index (χ2v) is 6.17. The highest BCUT2D eigenvalue weighted by Gasteiger charge is 2.53. The molecule has 2 rings (SSSR count). The number of hydrogen-bond donors (Lipinski definition) is 3. The Kier molecular flexibility index (Phi) is 5.22. The van der Waals surface area contributed by atoms with Crippen LogP contribution in [0.5, 0.6) is 0 Å². The predicted molar refractivity (Wildman–Crippen MR) is 79.5 cm³/mol. The zero-order valence-electron chi connectivity index (χ0n) is 13.0. The summed E-state index contributed by atoms with van der Waals surface area (Å²) in [7, 11) is 1.72. The third-order valence-electron chi connectivity index (χ3n) is 4.47. The van der Waals surface area contributed by atoms with E-state index in [0.717, 1.165) is 25.7 Å². The van der Waals surface area contributed by atoms with Gasteiger partial charge in [0.05, 0.1) is 12.6 Å². The molecule has 4 N–H and O–H groups in total. The maximum atomic E-state index is 12.6. The molecule has 0 spiro atoms. The molecule has 0 aromatic carbocycles. The van der Waals surface area contributed by atoms with Crippen molar-refractivity contribution in [1.82, 2.24) is 10.6 Å². The third kappa shape index (κ3) is 3.95. The maximum absolute atomic E-state index is 12.6. The van der Waals surface area contributed by atoms with Gasteiger partial charge < -0.3 is 15.8 Å². The van der Waals surface area contributed by atoms with Crippen molar-refractivity contribution in [1.29, 1.82) is 0 Å². The van der Waals surface area contributed by atoms with Crippen LogP contribution in [0, 0.1) is 5.92 Å². The van der Waals surface area contributed by atoms with Gasteiger partial charge in [0.1, 0.15) is 5.54 Å². The number of carbonyl (C=O) groups excluding carboxylic acids is 2. The van der Waals surface area contributed by atoms with Gasteiger partial charge in [-0.3, -0.25) is 14.9 Å². The summed E-state index contributed by atoms with van der Waals surface area (Å²) in [5.74, 6) is -0.223. The number of likely N-dealkylation sites (N-methyl/N-ethyl adjacent to an activating group) is 1. The maximum Gasteiger partial charge on any atom is 0.326 e. The molecule has 6 heteroatoms. The molecule has 6 nitrogen and oxygen atoms in total. The monoisotopic (exact) mass is 297 g/mol. The number of nitrogens with one attached hydrogen (secondary N) is 2. The highest BCUT2D eigenvalue weighted by Crippen LogP contribution is 2.45. The van der Waals surface area contributed by atoms with Crippen molar-refractivity contribution < 1.29 is 14.3 Å². The van der Waals surface area contributed by atoms with Crippen molar-refractivity contribution in [2.75, 3.05) is 13.7 Å². The van der Waals surface area contributed by atoms with Crippen molar-refractivity contribution in [2.45, 2.75) is 63.1 Å². The highest BCUT2D eigenvalue weighted by molar-refractivity contribution is 5.83. The van der Waals surface area contributed by atoms with E-state index >= 15 is 0 Å². The minimum atomic E-state index is -0.637. The fourth-order valence-electron chi connectivity index (χ4n) is 2.95. The van der Waals surface area contributed by atoms with Crippen molar-refractivity contribution in [3.8, 4) is 0 Å². The molecule has 2 aliphatic rings. The highest BCUT2D eigenvalue weighted by atomic mass is 16.5. The first-order valence-corrected chi connectivity index (χ1v) is 7.95. The lowest BCUT2D eigenvalue weighted by Crippen LogP contribution is -2.57. The lowest BCUT2D eigenvalue weighted by atomic mass is 9.85. The second kappa shape index (κ2) is 6.75. The van der Waals surface area contributed by atoms with E-state index in [4.69, 9.17) is 10.5 Å². The molecule has 0 aromatic heterocycles. The van der Waals surface area contributed by atoms with Gasteiger partial charge in [-0.25, -0.2) is 0 Å². The van der Waals surface area contributed by atoms with E-state index in [1.54, 1.807) is 7.05 Å². The molecule has 0 bridgehead atoms. The lowest BCUT2D eigenvalue weighted by molar-refractivity contribution is -0.153. The van der Waals surface area contributed by atoms with E-state index in [-0.39, 0.29) is 11.9 Å². The van der Waals surface area contributed by atoms with Crippen LogP contribution in [0.4, 0.5) is 0 Å². The van der Waals surface area contributed by atoms with Crippen molar-refractivity contribution in [3.63, 3.8) is 0 Å². The molecular formula is C15H27N3O3.